The van der Waals surface area contributed by atoms with Crippen molar-refractivity contribution in [2.75, 3.05) is 14.2 Å². The number of methoxy groups -OCH3 is 2. The fourth-order valence-corrected chi connectivity index (χ4v) is 2.94. The number of benzene rings is 2. The summed E-state index contributed by atoms with van der Waals surface area (Å²) in [5.41, 5.74) is 1.98. The van der Waals surface area contributed by atoms with Gasteiger partial charge in [-0.15, -0.1) is 0 Å². The number of hydrogen-bond donors (Lipinski definition) is 0. The molecule has 0 bridgehead atoms. The van der Waals surface area contributed by atoms with Crippen molar-refractivity contribution in [3.05, 3.63) is 94.9 Å². The summed E-state index contributed by atoms with van der Waals surface area (Å²) >= 11 is 0. The van der Waals surface area contributed by atoms with Gasteiger partial charge in [0, 0.05) is 0 Å². The Labute approximate surface area is 151 Å². The van der Waals surface area contributed by atoms with Gasteiger partial charge in [-0.25, -0.2) is 9.59 Å². The maximum atomic E-state index is 12.4. The molecule has 0 aliphatic heterocycles. The standard InChI is InChI=1S/C21H18O5/c1-24-20(22)16-13-26-19(18(16)21(23)25-2)17(14-9-5-3-6-10-14)15-11-7-4-8-12-15/h3-13,17H,1-2H3. The summed E-state index contributed by atoms with van der Waals surface area (Å²) in [4.78, 5) is 24.5. The minimum atomic E-state index is -0.653. The third-order valence-corrected chi connectivity index (χ3v) is 4.14. The monoisotopic (exact) mass is 350 g/mol. The molecule has 1 heterocycles. The molecule has 0 spiro atoms. The van der Waals surface area contributed by atoms with Crippen LogP contribution in [0.5, 0.6) is 0 Å². The fraction of sp³-hybridized carbons (Fsp3) is 0.143. The van der Waals surface area contributed by atoms with Crippen LogP contribution in [0.4, 0.5) is 0 Å². The van der Waals surface area contributed by atoms with Crippen LogP contribution >= 0.6 is 0 Å². The SMILES string of the molecule is COC(=O)c1coc(C(c2ccccc2)c2ccccc2)c1C(=O)OC. The van der Waals surface area contributed by atoms with Crippen LogP contribution in [0.3, 0.4) is 0 Å². The minimum absolute atomic E-state index is 0.0474. The molecule has 0 aliphatic rings. The fourth-order valence-electron chi connectivity index (χ4n) is 2.94. The van der Waals surface area contributed by atoms with Crippen LogP contribution in [0.2, 0.25) is 0 Å². The number of carbonyl (C=O) groups is 2. The number of esters is 2. The number of rotatable bonds is 5. The largest absolute Gasteiger partial charge is 0.466 e. The zero-order chi connectivity index (χ0) is 18.5. The molecule has 0 saturated heterocycles. The maximum absolute atomic E-state index is 12.4. The van der Waals surface area contributed by atoms with E-state index in [0.717, 1.165) is 11.1 Å². The van der Waals surface area contributed by atoms with Crippen LogP contribution < -0.4 is 0 Å². The molecule has 0 aliphatic carbocycles. The van der Waals surface area contributed by atoms with Crippen LogP contribution in [-0.2, 0) is 9.47 Å². The van der Waals surface area contributed by atoms with Crippen molar-refractivity contribution in [2.24, 2.45) is 0 Å². The molecule has 0 radical (unpaired) electrons. The van der Waals surface area contributed by atoms with Gasteiger partial charge in [0.25, 0.3) is 0 Å². The molecular weight excluding hydrogens is 332 g/mol. The van der Waals surface area contributed by atoms with Crippen LogP contribution in [0, 0.1) is 0 Å². The topological polar surface area (TPSA) is 65.7 Å². The molecule has 26 heavy (non-hydrogen) atoms. The van der Waals surface area contributed by atoms with Crippen molar-refractivity contribution in [1.82, 2.24) is 0 Å². The van der Waals surface area contributed by atoms with E-state index in [2.05, 4.69) is 0 Å². The molecule has 3 aromatic rings. The molecule has 0 unspecified atom stereocenters. The second-order valence-electron chi connectivity index (χ2n) is 5.63. The Bertz CT molecular complexity index is 857. The summed E-state index contributed by atoms with van der Waals surface area (Å²) < 4.78 is 15.4. The zero-order valence-corrected chi connectivity index (χ0v) is 14.5. The van der Waals surface area contributed by atoms with Crippen LogP contribution in [0.15, 0.2) is 71.3 Å². The van der Waals surface area contributed by atoms with Gasteiger partial charge in [0.05, 0.1) is 20.1 Å². The molecule has 0 atom stereocenters. The van der Waals surface area contributed by atoms with E-state index in [4.69, 9.17) is 13.9 Å². The van der Waals surface area contributed by atoms with Gasteiger partial charge in [-0.1, -0.05) is 60.7 Å². The summed E-state index contributed by atoms with van der Waals surface area (Å²) in [6, 6.07) is 19.2. The molecule has 0 N–H and O–H groups in total. The molecule has 5 heteroatoms. The highest BCUT2D eigenvalue weighted by Gasteiger charge is 2.32. The van der Waals surface area contributed by atoms with Crippen LogP contribution in [0.25, 0.3) is 0 Å². The lowest BCUT2D eigenvalue weighted by Gasteiger charge is -2.17. The van der Waals surface area contributed by atoms with Gasteiger partial charge in [-0.3, -0.25) is 0 Å². The quantitative estimate of drug-likeness (QED) is 0.650. The molecular formula is C21H18O5. The van der Waals surface area contributed by atoms with Gasteiger partial charge in [0.1, 0.15) is 23.2 Å². The average molecular weight is 350 g/mol. The number of ether oxygens (including phenoxy) is 2. The summed E-state index contributed by atoms with van der Waals surface area (Å²) in [6.07, 6.45) is 1.24. The van der Waals surface area contributed by atoms with E-state index in [1.54, 1.807) is 0 Å². The highest BCUT2D eigenvalue weighted by atomic mass is 16.5. The van der Waals surface area contributed by atoms with Gasteiger partial charge in [0.15, 0.2) is 0 Å². The first kappa shape index (κ1) is 17.5. The number of carbonyl (C=O) groups excluding carboxylic acids is 2. The molecule has 2 aromatic carbocycles. The van der Waals surface area contributed by atoms with Crippen LogP contribution in [0.1, 0.15) is 43.5 Å². The molecule has 1 aromatic heterocycles. The Morgan fingerprint density at radius 2 is 1.31 bits per heavy atom. The van der Waals surface area contributed by atoms with E-state index in [-0.39, 0.29) is 17.0 Å². The normalized spacial score (nSPS) is 10.6. The van der Waals surface area contributed by atoms with E-state index in [1.165, 1.54) is 20.5 Å². The number of hydrogen-bond acceptors (Lipinski definition) is 5. The summed E-state index contributed by atoms with van der Waals surface area (Å²) in [6.45, 7) is 0. The summed E-state index contributed by atoms with van der Waals surface area (Å²) in [5.74, 6) is -1.33. The first-order valence-electron chi connectivity index (χ1n) is 8.05. The van der Waals surface area contributed by atoms with Crippen molar-refractivity contribution in [3.63, 3.8) is 0 Å². The van der Waals surface area contributed by atoms with Crippen molar-refractivity contribution < 1.29 is 23.5 Å². The average Bonchev–Trinajstić information content (AvgIpc) is 3.13. The highest BCUT2D eigenvalue weighted by molar-refractivity contribution is 6.04. The van der Waals surface area contributed by atoms with Gasteiger partial charge >= 0.3 is 11.9 Å². The Kier molecular flexibility index (Phi) is 5.17. The maximum Gasteiger partial charge on any atom is 0.342 e. The molecule has 5 nitrogen and oxygen atoms in total. The Morgan fingerprint density at radius 3 is 1.77 bits per heavy atom. The highest BCUT2D eigenvalue weighted by Crippen LogP contribution is 2.36. The predicted octanol–water partition coefficient (Wildman–Crippen LogP) is 4.03. The third kappa shape index (κ3) is 3.24. The summed E-state index contributed by atoms with van der Waals surface area (Å²) in [7, 11) is 2.52. The third-order valence-electron chi connectivity index (χ3n) is 4.14. The smallest absolute Gasteiger partial charge is 0.342 e. The van der Waals surface area contributed by atoms with Gasteiger partial charge in [-0.05, 0) is 11.1 Å². The Balaban J connectivity index is 2.24. The summed E-state index contributed by atoms with van der Waals surface area (Å²) in [5, 5.41) is 0. The van der Waals surface area contributed by atoms with Crippen molar-refractivity contribution in [3.8, 4) is 0 Å². The van der Waals surface area contributed by atoms with Gasteiger partial charge in [0.2, 0.25) is 0 Å². The lowest BCUT2D eigenvalue weighted by Crippen LogP contribution is -2.14. The Morgan fingerprint density at radius 1 is 0.808 bits per heavy atom. The van der Waals surface area contributed by atoms with E-state index < -0.39 is 11.9 Å². The first-order chi connectivity index (χ1) is 12.7. The lowest BCUT2D eigenvalue weighted by atomic mass is 9.87. The zero-order valence-electron chi connectivity index (χ0n) is 14.5. The predicted molar refractivity (Wildman–Crippen MR) is 95.2 cm³/mol. The van der Waals surface area contributed by atoms with E-state index in [1.807, 2.05) is 60.7 Å². The van der Waals surface area contributed by atoms with Crippen molar-refractivity contribution >= 4 is 11.9 Å². The molecule has 3 rings (SSSR count). The molecule has 132 valence electrons. The van der Waals surface area contributed by atoms with Crippen LogP contribution in [-0.4, -0.2) is 26.2 Å². The second-order valence-corrected chi connectivity index (χ2v) is 5.63. The number of furan rings is 1. The van der Waals surface area contributed by atoms with Crippen molar-refractivity contribution in [1.29, 1.82) is 0 Å². The molecule has 0 saturated carbocycles. The second kappa shape index (κ2) is 7.70. The van der Waals surface area contributed by atoms with E-state index in [0.29, 0.717) is 5.76 Å². The van der Waals surface area contributed by atoms with Gasteiger partial charge in [-0.2, -0.15) is 0 Å². The Hall–Kier alpha value is -3.34. The van der Waals surface area contributed by atoms with Gasteiger partial charge < -0.3 is 13.9 Å². The molecule has 0 amide bonds. The minimum Gasteiger partial charge on any atom is -0.466 e. The van der Waals surface area contributed by atoms with E-state index in [9.17, 15) is 9.59 Å². The van der Waals surface area contributed by atoms with E-state index >= 15 is 0 Å². The molecule has 0 fully saturated rings. The first-order valence-corrected chi connectivity index (χ1v) is 8.05. The van der Waals surface area contributed by atoms with Crippen molar-refractivity contribution in [2.45, 2.75) is 5.92 Å². The lowest BCUT2D eigenvalue weighted by molar-refractivity contribution is 0.0555.